The fourth-order valence-electron chi connectivity index (χ4n) is 3.43. The van der Waals surface area contributed by atoms with Gasteiger partial charge in [-0.05, 0) is 12.5 Å². The highest BCUT2D eigenvalue weighted by Crippen LogP contribution is 2.39. The number of hydrogen-bond acceptors (Lipinski definition) is 6. The van der Waals surface area contributed by atoms with E-state index < -0.39 is 18.1 Å². The molecule has 2 aliphatic rings. The lowest BCUT2D eigenvalue weighted by molar-refractivity contribution is -0.312. The first-order chi connectivity index (χ1) is 11.5. The SMILES string of the molecule is O=C([O-])CC1(O)c2ccccc2C(=O)N1CCCN1CCOCC1. The summed E-state index contributed by atoms with van der Waals surface area (Å²) in [5.74, 6) is -1.73. The van der Waals surface area contributed by atoms with Crippen LogP contribution in [0.15, 0.2) is 24.3 Å². The van der Waals surface area contributed by atoms with E-state index in [1.807, 2.05) is 0 Å². The summed E-state index contributed by atoms with van der Waals surface area (Å²) < 4.78 is 5.30. The Balaban J connectivity index is 1.73. The van der Waals surface area contributed by atoms with E-state index in [2.05, 4.69) is 4.90 Å². The van der Waals surface area contributed by atoms with E-state index in [1.165, 1.54) is 4.90 Å². The number of carboxylic acid groups (broad SMARTS) is 1. The van der Waals surface area contributed by atoms with E-state index in [9.17, 15) is 19.8 Å². The number of ether oxygens (including phenoxy) is 1. The Hall–Kier alpha value is -1.96. The standard InChI is InChI=1S/C17H22N2O5/c20-15(21)12-17(23)14-5-2-1-4-13(14)16(22)19(17)7-3-6-18-8-10-24-11-9-18/h1-2,4-5,23H,3,6-12H2,(H,20,21)/p-1. The number of morpholine rings is 1. The summed E-state index contributed by atoms with van der Waals surface area (Å²) in [6.07, 6.45) is 0.0163. The van der Waals surface area contributed by atoms with Crippen LogP contribution in [0.2, 0.25) is 0 Å². The Labute approximate surface area is 140 Å². The first-order valence-electron chi connectivity index (χ1n) is 8.16. The van der Waals surface area contributed by atoms with Crippen molar-refractivity contribution in [1.29, 1.82) is 0 Å². The summed E-state index contributed by atoms with van der Waals surface area (Å²) in [6, 6.07) is 6.59. The van der Waals surface area contributed by atoms with E-state index in [0.29, 0.717) is 30.8 Å². The number of carbonyl (C=O) groups excluding carboxylic acids is 2. The summed E-state index contributed by atoms with van der Waals surface area (Å²) in [7, 11) is 0. The molecule has 2 aliphatic heterocycles. The van der Waals surface area contributed by atoms with Crippen LogP contribution in [0.1, 0.15) is 28.8 Å². The zero-order valence-electron chi connectivity index (χ0n) is 13.4. The zero-order chi connectivity index (χ0) is 17.2. The molecule has 1 fully saturated rings. The van der Waals surface area contributed by atoms with Gasteiger partial charge in [0.1, 0.15) is 0 Å². The number of carboxylic acids is 1. The number of aliphatic carboxylic acids is 1. The van der Waals surface area contributed by atoms with Crippen molar-refractivity contribution in [2.45, 2.75) is 18.6 Å². The van der Waals surface area contributed by atoms with Crippen LogP contribution in [0.25, 0.3) is 0 Å². The fraction of sp³-hybridized carbons (Fsp3) is 0.529. The summed E-state index contributed by atoms with van der Waals surface area (Å²) in [5, 5.41) is 22.0. The minimum Gasteiger partial charge on any atom is -0.550 e. The topological polar surface area (TPSA) is 93.1 Å². The van der Waals surface area contributed by atoms with E-state index >= 15 is 0 Å². The molecule has 0 bridgehead atoms. The molecule has 1 saturated heterocycles. The number of carbonyl (C=O) groups is 2. The van der Waals surface area contributed by atoms with Crippen molar-refractivity contribution in [2.75, 3.05) is 39.4 Å². The van der Waals surface area contributed by atoms with Crippen LogP contribution in [0.3, 0.4) is 0 Å². The molecule has 0 aromatic heterocycles. The second-order valence-electron chi connectivity index (χ2n) is 6.18. The van der Waals surface area contributed by atoms with E-state index in [4.69, 9.17) is 4.74 Å². The number of rotatable bonds is 6. The van der Waals surface area contributed by atoms with Crippen LogP contribution in [-0.2, 0) is 15.3 Å². The van der Waals surface area contributed by atoms with Crippen LogP contribution in [0, 0.1) is 0 Å². The third-order valence-corrected chi connectivity index (χ3v) is 4.63. The highest BCUT2D eigenvalue weighted by atomic mass is 16.5. The van der Waals surface area contributed by atoms with Crippen molar-refractivity contribution in [3.05, 3.63) is 35.4 Å². The average molecular weight is 333 g/mol. The van der Waals surface area contributed by atoms with Crippen molar-refractivity contribution >= 4 is 11.9 Å². The second kappa shape index (κ2) is 6.88. The second-order valence-corrected chi connectivity index (χ2v) is 6.18. The van der Waals surface area contributed by atoms with Gasteiger partial charge in [-0.1, -0.05) is 18.2 Å². The Morgan fingerprint density at radius 1 is 1.25 bits per heavy atom. The summed E-state index contributed by atoms with van der Waals surface area (Å²) >= 11 is 0. The fourth-order valence-corrected chi connectivity index (χ4v) is 3.43. The molecule has 0 saturated carbocycles. The number of fused-ring (bicyclic) bond motifs is 1. The Morgan fingerprint density at radius 3 is 2.67 bits per heavy atom. The van der Waals surface area contributed by atoms with Crippen molar-refractivity contribution in [1.82, 2.24) is 9.80 Å². The third kappa shape index (κ3) is 3.15. The quantitative estimate of drug-likeness (QED) is 0.729. The lowest BCUT2D eigenvalue weighted by Crippen LogP contribution is -2.48. The molecule has 1 aromatic carbocycles. The Kier molecular flexibility index (Phi) is 4.84. The molecule has 1 N–H and O–H groups in total. The van der Waals surface area contributed by atoms with Gasteiger partial charge in [-0.25, -0.2) is 0 Å². The van der Waals surface area contributed by atoms with Crippen LogP contribution < -0.4 is 5.11 Å². The number of amides is 1. The van der Waals surface area contributed by atoms with Crippen molar-refractivity contribution in [3.8, 4) is 0 Å². The van der Waals surface area contributed by atoms with E-state index in [1.54, 1.807) is 24.3 Å². The molecule has 7 nitrogen and oxygen atoms in total. The molecule has 24 heavy (non-hydrogen) atoms. The third-order valence-electron chi connectivity index (χ3n) is 4.63. The highest BCUT2D eigenvalue weighted by Gasteiger charge is 2.47. The van der Waals surface area contributed by atoms with Gasteiger partial charge in [0.05, 0.1) is 13.2 Å². The van der Waals surface area contributed by atoms with Crippen molar-refractivity contribution in [2.24, 2.45) is 0 Å². The van der Waals surface area contributed by atoms with Gasteiger partial charge in [-0.2, -0.15) is 0 Å². The molecular weight excluding hydrogens is 312 g/mol. The monoisotopic (exact) mass is 333 g/mol. The highest BCUT2D eigenvalue weighted by molar-refractivity contribution is 6.00. The minimum absolute atomic E-state index is 0.286. The number of benzene rings is 1. The van der Waals surface area contributed by atoms with Gasteiger partial charge in [0.25, 0.3) is 5.91 Å². The molecule has 3 rings (SSSR count). The maximum absolute atomic E-state index is 12.6. The molecule has 0 radical (unpaired) electrons. The molecule has 1 atom stereocenters. The van der Waals surface area contributed by atoms with Crippen molar-refractivity contribution < 1.29 is 24.5 Å². The molecule has 0 spiro atoms. The number of nitrogens with zero attached hydrogens (tertiary/aromatic N) is 2. The number of hydrogen-bond donors (Lipinski definition) is 1. The lowest BCUT2D eigenvalue weighted by Gasteiger charge is -2.35. The van der Waals surface area contributed by atoms with Gasteiger partial charge in [-0.15, -0.1) is 0 Å². The van der Waals surface area contributed by atoms with E-state index in [-0.39, 0.29) is 12.5 Å². The molecule has 2 heterocycles. The molecule has 0 aliphatic carbocycles. The minimum atomic E-state index is -1.84. The van der Waals surface area contributed by atoms with Crippen LogP contribution in [0.5, 0.6) is 0 Å². The molecule has 1 unspecified atom stereocenters. The van der Waals surface area contributed by atoms with Gasteiger partial charge >= 0.3 is 0 Å². The normalized spacial score (nSPS) is 24.2. The van der Waals surface area contributed by atoms with Crippen molar-refractivity contribution in [3.63, 3.8) is 0 Å². The molecule has 130 valence electrons. The van der Waals surface area contributed by atoms with Gasteiger partial charge < -0.3 is 24.6 Å². The molecular formula is C17H21N2O5-. The van der Waals surface area contributed by atoms with Gasteiger partial charge in [-0.3, -0.25) is 9.69 Å². The smallest absolute Gasteiger partial charge is 0.256 e. The van der Waals surface area contributed by atoms with Crippen LogP contribution in [0.4, 0.5) is 0 Å². The molecule has 1 amide bonds. The lowest BCUT2D eigenvalue weighted by atomic mass is 9.98. The first-order valence-corrected chi connectivity index (χ1v) is 8.16. The predicted octanol–water partition coefficient (Wildman–Crippen LogP) is -0.850. The average Bonchev–Trinajstić information content (AvgIpc) is 2.77. The maximum atomic E-state index is 12.6. The van der Waals surface area contributed by atoms with Crippen LogP contribution >= 0.6 is 0 Å². The Bertz CT molecular complexity index is 629. The van der Waals surface area contributed by atoms with Crippen LogP contribution in [-0.4, -0.2) is 66.2 Å². The van der Waals surface area contributed by atoms with Gasteiger partial charge in [0, 0.05) is 49.7 Å². The number of aliphatic hydroxyl groups is 1. The van der Waals surface area contributed by atoms with Gasteiger partial charge in [0.2, 0.25) is 0 Å². The first kappa shape index (κ1) is 16.9. The zero-order valence-corrected chi connectivity index (χ0v) is 13.4. The summed E-state index contributed by atoms with van der Waals surface area (Å²) in [4.78, 5) is 27.2. The largest absolute Gasteiger partial charge is 0.550 e. The Morgan fingerprint density at radius 2 is 1.96 bits per heavy atom. The van der Waals surface area contributed by atoms with E-state index in [0.717, 1.165) is 19.6 Å². The molecule has 7 heteroatoms. The predicted molar refractivity (Wildman–Crippen MR) is 82.9 cm³/mol. The van der Waals surface area contributed by atoms with Gasteiger partial charge in [0.15, 0.2) is 5.72 Å². The molecule has 1 aromatic rings. The maximum Gasteiger partial charge on any atom is 0.256 e. The summed E-state index contributed by atoms with van der Waals surface area (Å²) in [5.41, 5.74) is -1.14. The summed E-state index contributed by atoms with van der Waals surface area (Å²) in [6.45, 7) is 4.14.